The van der Waals surface area contributed by atoms with Crippen molar-refractivity contribution in [3.8, 4) is 0 Å². The largest absolute Gasteiger partial charge is 0.384 e. The summed E-state index contributed by atoms with van der Waals surface area (Å²) in [6, 6.07) is 0. The summed E-state index contributed by atoms with van der Waals surface area (Å²) in [6.45, 7) is 5.90. The first-order valence-corrected chi connectivity index (χ1v) is 5.37. The van der Waals surface area contributed by atoms with Crippen molar-refractivity contribution >= 4 is 11.6 Å². The van der Waals surface area contributed by atoms with Gasteiger partial charge in [-0.25, -0.2) is 0 Å². The third-order valence-corrected chi connectivity index (χ3v) is 3.89. The maximum atomic E-state index is 6.05. The average Bonchev–Trinajstić information content (AvgIpc) is 2.48. The molecule has 0 radical (unpaired) electrons. The van der Waals surface area contributed by atoms with Crippen LogP contribution >= 0.6 is 11.6 Å². The van der Waals surface area contributed by atoms with Crippen LogP contribution in [0, 0.1) is 11.3 Å². The second-order valence-electron chi connectivity index (χ2n) is 3.99. The Bertz CT molecular complexity index is 163. The van der Waals surface area contributed by atoms with Crippen molar-refractivity contribution in [2.24, 2.45) is 11.3 Å². The van der Waals surface area contributed by atoms with Crippen molar-refractivity contribution in [2.75, 3.05) is 26.2 Å². The average molecular weight is 207 g/mol. The Hall–Kier alpha value is 0.210. The molecule has 0 aliphatic carbocycles. The fourth-order valence-electron chi connectivity index (χ4n) is 2.17. The van der Waals surface area contributed by atoms with E-state index in [4.69, 9.17) is 21.1 Å². The summed E-state index contributed by atoms with van der Waals surface area (Å²) >= 11 is 6.05. The summed E-state index contributed by atoms with van der Waals surface area (Å²) in [5, 5.41) is 0. The van der Waals surface area contributed by atoms with Crippen LogP contribution in [-0.2, 0) is 9.47 Å². The minimum Gasteiger partial charge on any atom is -0.384 e. The standard InChI is InChI=1S/C10H19ClO2/c1-8(6-12-3)10(7-11)4-5-13-9(10)2/h8-9H,4-7H2,1-3H3. The molecule has 0 aromatic rings. The fraction of sp³-hybridized carbons (Fsp3) is 1.00. The third kappa shape index (κ3) is 2.00. The molecule has 1 heterocycles. The Morgan fingerprint density at radius 1 is 1.69 bits per heavy atom. The molecule has 78 valence electrons. The molecular formula is C10H19ClO2. The van der Waals surface area contributed by atoms with Crippen molar-refractivity contribution in [2.45, 2.75) is 26.4 Å². The molecule has 1 fully saturated rings. The lowest BCUT2D eigenvalue weighted by Gasteiger charge is -2.35. The first kappa shape index (κ1) is 11.3. The van der Waals surface area contributed by atoms with Gasteiger partial charge in [-0.05, 0) is 19.3 Å². The molecule has 0 bridgehead atoms. The molecule has 3 heteroatoms. The Labute approximate surface area is 85.5 Å². The van der Waals surface area contributed by atoms with Crippen LogP contribution in [0.1, 0.15) is 20.3 Å². The lowest BCUT2D eigenvalue weighted by molar-refractivity contribution is 0.0173. The second-order valence-corrected chi connectivity index (χ2v) is 4.25. The van der Waals surface area contributed by atoms with E-state index in [9.17, 15) is 0 Å². The Morgan fingerprint density at radius 2 is 2.38 bits per heavy atom. The summed E-state index contributed by atoms with van der Waals surface area (Å²) in [4.78, 5) is 0. The zero-order valence-electron chi connectivity index (χ0n) is 8.68. The molecule has 2 nitrogen and oxygen atoms in total. The maximum Gasteiger partial charge on any atom is 0.0618 e. The molecular weight excluding hydrogens is 188 g/mol. The van der Waals surface area contributed by atoms with Crippen LogP contribution in [0.5, 0.6) is 0 Å². The monoisotopic (exact) mass is 206 g/mol. The van der Waals surface area contributed by atoms with E-state index in [-0.39, 0.29) is 11.5 Å². The number of alkyl halides is 1. The van der Waals surface area contributed by atoms with Gasteiger partial charge in [0.25, 0.3) is 0 Å². The molecule has 3 unspecified atom stereocenters. The quantitative estimate of drug-likeness (QED) is 0.658. The highest BCUT2D eigenvalue weighted by Gasteiger charge is 2.44. The lowest BCUT2D eigenvalue weighted by Crippen LogP contribution is -2.39. The molecule has 1 saturated heterocycles. The van der Waals surface area contributed by atoms with Crippen LogP contribution in [0.2, 0.25) is 0 Å². The van der Waals surface area contributed by atoms with E-state index in [1.165, 1.54) is 0 Å². The van der Waals surface area contributed by atoms with Crippen LogP contribution < -0.4 is 0 Å². The smallest absolute Gasteiger partial charge is 0.0618 e. The molecule has 1 aliphatic heterocycles. The maximum absolute atomic E-state index is 6.05. The lowest BCUT2D eigenvalue weighted by atomic mass is 9.73. The van der Waals surface area contributed by atoms with Crippen LogP contribution in [0.25, 0.3) is 0 Å². The molecule has 3 atom stereocenters. The van der Waals surface area contributed by atoms with E-state index in [1.54, 1.807) is 7.11 Å². The summed E-state index contributed by atoms with van der Waals surface area (Å²) < 4.78 is 10.8. The van der Waals surface area contributed by atoms with Gasteiger partial charge in [-0.1, -0.05) is 6.92 Å². The zero-order valence-corrected chi connectivity index (χ0v) is 9.43. The molecule has 0 saturated carbocycles. The molecule has 0 aromatic heterocycles. The van der Waals surface area contributed by atoms with E-state index < -0.39 is 0 Å². The van der Waals surface area contributed by atoms with Gasteiger partial charge in [-0.15, -0.1) is 11.6 Å². The zero-order chi connectivity index (χ0) is 9.90. The van der Waals surface area contributed by atoms with Gasteiger partial charge in [0.15, 0.2) is 0 Å². The van der Waals surface area contributed by atoms with Gasteiger partial charge in [0.2, 0.25) is 0 Å². The summed E-state index contributed by atoms with van der Waals surface area (Å²) in [5.74, 6) is 1.13. The number of ether oxygens (including phenoxy) is 2. The fourth-order valence-corrected chi connectivity index (χ4v) is 2.78. The molecule has 1 aliphatic rings. The van der Waals surface area contributed by atoms with E-state index in [2.05, 4.69) is 13.8 Å². The minimum absolute atomic E-state index is 0.123. The number of hydrogen-bond acceptors (Lipinski definition) is 2. The predicted octanol–water partition coefficient (Wildman–Crippen LogP) is 2.30. The van der Waals surface area contributed by atoms with Gasteiger partial charge in [-0.2, -0.15) is 0 Å². The Balaban J connectivity index is 2.67. The second kappa shape index (κ2) is 4.63. The van der Waals surface area contributed by atoms with Crippen LogP contribution in [0.3, 0.4) is 0 Å². The molecule has 1 rings (SSSR count). The van der Waals surface area contributed by atoms with E-state index in [0.29, 0.717) is 11.8 Å². The van der Waals surface area contributed by atoms with Crippen molar-refractivity contribution < 1.29 is 9.47 Å². The number of methoxy groups -OCH3 is 1. The van der Waals surface area contributed by atoms with Crippen molar-refractivity contribution in [1.82, 2.24) is 0 Å². The van der Waals surface area contributed by atoms with E-state index in [1.807, 2.05) is 0 Å². The van der Waals surface area contributed by atoms with Gasteiger partial charge in [-0.3, -0.25) is 0 Å². The highest BCUT2D eigenvalue weighted by molar-refractivity contribution is 6.18. The third-order valence-electron chi connectivity index (χ3n) is 3.39. The van der Waals surface area contributed by atoms with E-state index in [0.717, 1.165) is 19.6 Å². The normalized spacial score (nSPS) is 36.5. The van der Waals surface area contributed by atoms with Crippen molar-refractivity contribution in [3.05, 3.63) is 0 Å². The SMILES string of the molecule is COCC(C)C1(CCl)CCOC1C. The van der Waals surface area contributed by atoms with Gasteiger partial charge in [0.1, 0.15) is 0 Å². The van der Waals surface area contributed by atoms with Crippen molar-refractivity contribution in [3.63, 3.8) is 0 Å². The molecule has 0 amide bonds. The molecule has 0 N–H and O–H groups in total. The summed E-state index contributed by atoms with van der Waals surface area (Å²) in [5.41, 5.74) is 0.123. The predicted molar refractivity (Wildman–Crippen MR) is 54.2 cm³/mol. The van der Waals surface area contributed by atoms with Crippen LogP contribution in [0.15, 0.2) is 0 Å². The molecule has 0 aromatic carbocycles. The highest BCUT2D eigenvalue weighted by Crippen LogP contribution is 2.42. The molecule has 13 heavy (non-hydrogen) atoms. The summed E-state index contributed by atoms with van der Waals surface area (Å²) in [6.07, 6.45) is 1.32. The first-order valence-electron chi connectivity index (χ1n) is 4.84. The number of hydrogen-bond donors (Lipinski definition) is 0. The topological polar surface area (TPSA) is 18.5 Å². The van der Waals surface area contributed by atoms with Gasteiger partial charge in [0.05, 0.1) is 6.10 Å². The van der Waals surface area contributed by atoms with Gasteiger partial charge < -0.3 is 9.47 Å². The minimum atomic E-state index is 0.123. The first-order chi connectivity index (χ1) is 6.17. The van der Waals surface area contributed by atoms with Crippen LogP contribution in [0.4, 0.5) is 0 Å². The Morgan fingerprint density at radius 3 is 2.77 bits per heavy atom. The van der Waals surface area contributed by atoms with Crippen LogP contribution in [-0.4, -0.2) is 32.3 Å². The number of halogens is 1. The van der Waals surface area contributed by atoms with Crippen molar-refractivity contribution in [1.29, 1.82) is 0 Å². The van der Waals surface area contributed by atoms with E-state index >= 15 is 0 Å². The van der Waals surface area contributed by atoms with Gasteiger partial charge in [0, 0.05) is 31.6 Å². The molecule has 0 spiro atoms. The summed E-state index contributed by atoms with van der Waals surface area (Å²) in [7, 11) is 1.74. The number of rotatable bonds is 4. The Kier molecular flexibility index (Phi) is 4.02. The van der Waals surface area contributed by atoms with Gasteiger partial charge >= 0.3 is 0 Å². The highest BCUT2D eigenvalue weighted by atomic mass is 35.5.